The van der Waals surface area contributed by atoms with E-state index in [1.165, 1.54) is 32.8 Å². The second-order valence-corrected chi connectivity index (χ2v) is 15.9. The Morgan fingerprint density at radius 2 is 1.33 bits per heavy atom. The van der Waals surface area contributed by atoms with E-state index < -0.39 is 76.7 Å². The van der Waals surface area contributed by atoms with Gasteiger partial charge in [0.05, 0.1) is 42.1 Å². The Balaban J connectivity index is 2.08. The van der Waals surface area contributed by atoms with E-state index in [0.29, 0.717) is 12.0 Å². The van der Waals surface area contributed by atoms with E-state index in [1.807, 2.05) is 37.3 Å². The number of cyclic esters (lactones) is 2. The number of hydrogen-bond acceptors (Lipinski definition) is 9. The van der Waals surface area contributed by atoms with Crippen LogP contribution < -0.4 is 5.32 Å². The molecule has 3 rings (SSSR count). The van der Waals surface area contributed by atoms with Crippen LogP contribution in [0, 0.1) is 35.5 Å². The highest BCUT2D eigenvalue weighted by atomic mass is 16.6. The Kier molecular flexibility index (Phi) is 19.4. The van der Waals surface area contributed by atoms with E-state index in [0.717, 1.165) is 37.7 Å². The van der Waals surface area contributed by atoms with Gasteiger partial charge in [-0.25, -0.2) is 0 Å². The van der Waals surface area contributed by atoms with Crippen LogP contribution in [0.3, 0.4) is 0 Å². The Hall–Kier alpha value is -4.58. The van der Waals surface area contributed by atoms with Crippen molar-refractivity contribution in [1.29, 1.82) is 0 Å². The minimum atomic E-state index is -2.06. The fourth-order valence-electron chi connectivity index (χ4n) is 8.27. The number of carboxylic acid groups (broad SMARTS) is 2. The first-order valence-electron chi connectivity index (χ1n) is 20.5. The quantitative estimate of drug-likeness (QED) is 0.0468. The monoisotopic (exact) mass is 793 g/mol. The standard InChI is InChI=1S/C45H63NO11/c1-6-7-8-9-10-11-12-13-14-21-26-46-39(47)35(36(40(48)49)34-33(42(52)57-43(34)53)29-30(2)31-22-17-15-18-23-31)37(41(50)51)38(44(54)56-28-27-55-5)45(3,4)32-24-19-16-20-25-32/h15-20,22-25,30,33-38H,6-14,21,26-29H2,1-5H3,(H,46,47)(H,48,49)(H,50,51). The SMILES string of the molecule is CCCCCCCCCCCCNC(=O)C(C(C(=O)O)C1C(=O)OC(=O)C1CC(C)c1ccccc1)C(C(=O)O)C(C(=O)OCCOC)C(C)(C)c1ccccc1. The van der Waals surface area contributed by atoms with Crippen molar-refractivity contribution in [3.63, 3.8) is 0 Å². The number of methoxy groups -OCH3 is 1. The molecule has 0 bridgehead atoms. The first-order valence-corrected chi connectivity index (χ1v) is 20.5. The molecule has 7 atom stereocenters. The van der Waals surface area contributed by atoms with Crippen molar-refractivity contribution < 1.29 is 53.2 Å². The number of benzene rings is 2. The van der Waals surface area contributed by atoms with E-state index >= 15 is 0 Å². The summed E-state index contributed by atoms with van der Waals surface area (Å²) in [4.78, 5) is 83.1. The molecule has 1 amide bonds. The summed E-state index contributed by atoms with van der Waals surface area (Å²) in [6, 6.07) is 17.7. The van der Waals surface area contributed by atoms with Crippen molar-refractivity contribution in [3.8, 4) is 0 Å². The fraction of sp³-hybridized carbons (Fsp3) is 0.600. The van der Waals surface area contributed by atoms with Crippen LogP contribution in [-0.4, -0.2) is 72.8 Å². The van der Waals surface area contributed by atoms with Crippen LogP contribution in [0.5, 0.6) is 0 Å². The zero-order valence-corrected chi connectivity index (χ0v) is 34.3. The molecule has 2 aromatic rings. The summed E-state index contributed by atoms with van der Waals surface area (Å²) >= 11 is 0. The van der Waals surface area contributed by atoms with Gasteiger partial charge in [0.25, 0.3) is 0 Å². The summed E-state index contributed by atoms with van der Waals surface area (Å²) in [5.41, 5.74) is 0.0131. The topological polar surface area (TPSA) is 183 Å². The molecule has 12 nitrogen and oxygen atoms in total. The molecule has 57 heavy (non-hydrogen) atoms. The number of aliphatic carboxylic acids is 2. The maximum absolute atomic E-state index is 14.6. The Morgan fingerprint density at radius 1 is 0.772 bits per heavy atom. The van der Waals surface area contributed by atoms with E-state index in [4.69, 9.17) is 14.2 Å². The van der Waals surface area contributed by atoms with Gasteiger partial charge in [-0.3, -0.25) is 28.8 Å². The fourth-order valence-corrected chi connectivity index (χ4v) is 8.27. The van der Waals surface area contributed by atoms with E-state index in [9.17, 15) is 39.0 Å². The Morgan fingerprint density at radius 3 is 1.88 bits per heavy atom. The molecule has 2 aromatic carbocycles. The number of amides is 1. The summed E-state index contributed by atoms with van der Waals surface area (Å²) in [6.45, 7) is 7.14. The van der Waals surface area contributed by atoms with Crippen molar-refractivity contribution >= 4 is 35.8 Å². The van der Waals surface area contributed by atoms with Crippen molar-refractivity contribution in [3.05, 3.63) is 71.8 Å². The molecule has 0 saturated carbocycles. The number of esters is 3. The molecular weight excluding hydrogens is 730 g/mol. The van der Waals surface area contributed by atoms with E-state index in [-0.39, 0.29) is 32.1 Å². The van der Waals surface area contributed by atoms with Gasteiger partial charge in [0, 0.05) is 19.1 Å². The molecule has 0 spiro atoms. The number of hydrogen-bond donors (Lipinski definition) is 3. The molecular formula is C45H63NO11. The summed E-state index contributed by atoms with van der Waals surface area (Å²) < 4.78 is 15.7. The molecule has 1 fully saturated rings. The number of carboxylic acids is 2. The Labute approximate surface area is 337 Å². The lowest BCUT2D eigenvalue weighted by Gasteiger charge is -2.41. The number of ether oxygens (including phenoxy) is 3. The third-order valence-electron chi connectivity index (χ3n) is 11.5. The first kappa shape index (κ1) is 46.8. The summed E-state index contributed by atoms with van der Waals surface area (Å²) in [5.74, 6) is -18.5. The molecule has 3 N–H and O–H groups in total. The number of rotatable bonds is 27. The maximum Gasteiger partial charge on any atom is 0.318 e. The number of carbonyl (C=O) groups excluding carboxylic acids is 4. The predicted molar refractivity (Wildman–Crippen MR) is 214 cm³/mol. The normalized spacial score (nSPS) is 18.2. The highest BCUT2D eigenvalue weighted by Crippen LogP contribution is 2.47. The van der Waals surface area contributed by atoms with Crippen LogP contribution in [0.4, 0.5) is 0 Å². The minimum absolute atomic E-state index is 0.000207. The molecule has 0 radical (unpaired) electrons. The molecule has 1 saturated heterocycles. The van der Waals surface area contributed by atoms with Gasteiger partial charge < -0.3 is 29.7 Å². The summed E-state index contributed by atoms with van der Waals surface area (Å²) in [6.07, 6.45) is 10.4. The van der Waals surface area contributed by atoms with Crippen LogP contribution >= 0.6 is 0 Å². The first-order chi connectivity index (χ1) is 27.3. The van der Waals surface area contributed by atoms with Crippen molar-refractivity contribution in [1.82, 2.24) is 5.32 Å². The largest absolute Gasteiger partial charge is 0.481 e. The second-order valence-electron chi connectivity index (χ2n) is 15.9. The molecule has 0 aliphatic carbocycles. The van der Waals surface area contributed by atoms with Gasteiger partial charge in [-0.1, -0.05) is 146 Å². The van der Waals surface area contributed by atoms with Gasteiger partial charge >= 0.3 is 29.8 Å². The van der Waals surface area contributed by atoms with Gasteiger partial charge in [0.1, 0.15) is 6.61 Å². The van der Waals surface area contributed by atoms with E-state index in [2.05, 4.69) is 12.2 Å². The van der Waals surface area contributed by atoms with Crippen LogP contribution in [0.1, 0.15) is 115 Å². The molecule has 1 heterocycles. The molecule has 1 aliphatic rings. The summed E-state index contributed by atoms with van der Waals surface area (Å²) in [5, 5.41) is 24.9. The van der Waals surface area contributed by atoms with Crippen LogP contribution in [0.15, 0.2) is 60.7 Å². The van der Waals surface area contributed by atoms with Gasteiger partial charge in [-0.2, -0.15) is 0 Å². The molecule has 314 valence electrons. The molecule has 1 aliphatic heterocycles. The van der Waals surface area contributed by atoms with Crippen molar-refractivity contribution in [2.75, 3.05) is 26.9 Å². The van der Waals surface area contributed by atoms with Crippen molar-refractivity contribution in [2.45, 2.75) is 110 Å². The average Bonchev–Trinajstić information content (AvgIpc) is 3.45. The van der Waals surface area contributed by atoms with E-state index in [1.54, 1.807) is 44.2 Å². The number of carbonyl (C=O) groups is 6. The lowest BCUT2D eigenvalue weighted by Crippen LogP contribution is -2.55. The third-order valence-corrected chi connectivity index (χ3v) is 11.5. The summed E-state index contributed by atoms with van der Waals surface area (Å²) in [7, 11) is 1.41. The van der Waals surface area contributed by atoms with Gasteiger partial charge in [0.15, 0.2) is 0 Å². The maximum atomic E-state index is 14.6. The van der Waals surface area contributed by atoms with Crippen LogP contribution in [0.2, 0.25) is 0 Å². The molecule has 7 unspecified atom stereocenters. The van der Waals surface area contributed by atoms with Gasteiger partial charge in [0.2, 0.25) is 5.91 Å². The van der Waals surface area contributed by atoms with Crippen LogP contribution in [-0.2, 0) is 48.4 Å². The van der Waals surface area contributed by atoms with Crippen molar-refractivity contribution in [2.24, 2.45) is 35.5 Å². The average molecular weight is 794 g/mol. The molecule has 0 aromatic heterocycles. The zero-order chi connectivity index (χ0) is 42.0. The number of unbranched alkanes of at least 4 members (excludes halogenated alkanes) is 9. The minimum Gasteiger partial charge on any atom is -0.481 e. The lowest BCUT2D eigenvalue weighted by atomic mass is 9.60. The second kappa shape index (κ2) is 23.6. The highest BCUT2D eigenvalue weighted by molar-refractivity contribution is 6.00. The molecule has 12 heteroatoms. The van der Waals surface area contributed by atoms with Crippen LogP contribution in [0.25, 0.3) is 0 Å². The smallest absolute Gasteiger partial charge is 0.318 e. The lowest BCUT2D eigenvalue weighted by molar-refractivity contribution is -0.172. The Bertz CT molecular complexity index is 1590. The zero-order valence-electron chi connectivity index (χ0n) is 34.3. The van der Waals surface area contributed by atoms with Gasteiger partial charge in [-0.05, 0) is 29.9 Å². The number of nitrogens with one attached hydrogen (secondary N) is 1. The van der Waals surface area contributed by atoms with Gasteiger partial charge in [-0.15, -0.1) is 0 Å². The highest BCUT2D eigenvalue weighted by Gasteiger charge is 2.60. The predicted octanol–water partition coefficient (Wildman–Crippen LogP) is 7.33. The third kappa shape index (κ3) is 13.2.